The van der Waals surface area contributed by atoms with Gasteiger partial charge in [-0.2, -0.15) is 18.3 Å². The zero-order valence-electron chi connectivity index (χ0n) is 31.5. The van der Waals surface area contributed by atoms with Crippen LogP contribution in [-0.2, 0) is 22.7 Å². The van der Waals surface area contributed by atoms with Crippen LogP contribution in [0.5, 0.6) is 0 Å². The summed E-state index contributed by atoms with van der Waals surface area (Å²) >= 11 is 0. The first kappa shape index (κ1) is 39.4. The van der Waals surface area contributed by atoms with Gasteiger partial charge in [0.2, 0.25) is 11.8 Å². The topological polar surface area (TPSA) is 111 Å². The summed E-state index contributed by atoms with van der Waals surface area (Å²) in [6.07, 6.45) is 0.516. The third-order valence-corrected chi connectivity index (χ3v) is 12.0. The average Bonchev–Trinajstić information content (AvgIpc) is 3.41. The molecular weight excluding hydrogens is 702 g/mol. The van der Waals surface area contributed by atoms with Crippen LogP contribution in [0.25, 0.3) is 0 Å². The molecule has 4 fully saturated rings. The summed E-state index contributed by atoms with van der Waals surface area (Å²) in [5, 5.41) is 4.36. The third kappa shape index (κ3) is 8.21. The number of rotatable bonds is 10. The predicted molar refractivity (Wildman–Crippen MR) is 195 cm³/mol. The van der Waals surface area contributed by atoms with E-state index in [-0.39, 0.29) is 72.3 Å². The van der Waals surface area contributed by atoms with Gasteiger partial charge in [0.05, 0.1) is 37.4 Å². The molecule has 0 radical (unpaired) electrons. The summed E-state index contributed by atoms with van der Waals surface area (Å²) in [6.45, 7) is 10.8. The molecular formula is C41H51F4N5O4. The fourth-order valence-electron chi connectivity index (χ4n) is 8.70. The Morgan fingerprint density at radius 1 is 0.963 bits per heavy atom. The van der Waals surface area contributed by atoms with Crippen molar-refractivity contribution >= 4 is 17.7 Å². The number of amides is 3. The van der Waals surface area contributed by atoms with Gasteiger partial charge in [0.1, 0.15) is 5.82 Å². The summed E-state index contributed by atoms with van der Waals surface area (Å²) in [7, 11) is 0. The number of nitrogens with two attached hydrogens (primary N) is 1. The Morgan fingerprint density at radius 2 is 1.61 bits per heavy atom. The highest BCUT2D eigenvalue weighted by Crippen LogP contribution is 2.55. The van der Waals surface area contributed by atoms with E-state index in [1.807, 2.05) is 18.7 Å². The fourth-order valence-corrected chi connectivity index (χ4v) is 8.70. The van der Waals surface area contributed by atoms with Crippen LogP contribution < -0.4 is 5.73 Å². The van der Waals surface area contributed by atoms with Gasteiger partial charge in [0.25, 0.3) is 5.91 Å². The first-order valence-corrected chi connectivity index (χ1v) is 19.0. The molecule has 9 nitrogen and oxygen atoms in total. The lowest BCUT2D eigenvalue weighted by molar-refractivity contribution is -0.182. The van der Waals surface area contributed by atoms with Crippen molar-refractivity contribution in [2.45, 2.75) is 85.0 Å². The van der Waals surface area contributed by atoms with E-state index in [0.29, 0.717) is 67.8 Å². The molecule has 3 heterocycles. The highest BCUT2D eigenvalue weighted by Gasteiger charge is 2.60. The Hall–Kier alpha value is -4.26. The summed E-state index contributed by atoms with van der Waals surface area (Å²) < 4.78 is 61.3. The van der Waals surface area contributed by atoms with Gasteiger partial charge in [-0.1, -0.05) is 58.0 Å². The van der Waals surface area contributed by atoms with Crippen molar-refractivity contribution in [1.82, 2.24) is 19.6 Å². The van der Waals surface area contributed by atoms with E-state index < -0.39 is 18.0 Å². The van der Waals surface area contributed by atoms with Crippen molar-refractivity contribution in [2.24, 2.45) is 34.3 Å². The Morgan fingerprint density at radius 3 is 2.22 bits per heavy atom. The van der Waals surface area contributed by atoms with Crippen molar-refractivity contribution < 1.29 is 36.7 Å². The number of halogens is 4. The van der Waals surface area contributed by atoms with Crippen molar-refractivity contribution in [3.63, 3.8) is 0 Å². The van der Waals surface area contributed by atoms with Crippen molar-refractivity contribution in [1.29, 1.82) is 0 Å². The molecule has 3 aromatic rings. The molecule has 4 aliphatic rings. The lowest BCUT2D eigenvalue weighted by Gasteiger charge is -2.51. The largest absolute Gasteiger partial charge is 0.391 e. The van der Waals surface area contributed by atoms with Crippen LogP contribution in [-0.4, -0.2) is 76.3 Å². The smallest absolute Gasteiger partial charge is 0.376 e. The number of hydrogen-bond donors (Lipinski definition) is 1. The first-order chi connectivity index (χ1) is 25.6. The molecule has 2 saturated carbocycles. The standard InChI is InChI=1S/C39H45F4N5O4.C2H6/c1-37(2)14-32(37)36(51)47-22-38(23-47)21-46(35(50)27-15-45-48(17-27)16-24-6-12-30(40)13-7-24)18-29(38)20-52-19-26-4-3-5-31(33(26)34(44)49)25-8-10-28(11-9-25)39(41,42)43;1-2/h3-7,12-13,15,17,25,28-29,32H,8-11,14,16,18-23H2,1-2H3,(H2,44,49);1-2H3. The van der Waals surface area contributed by atoms with Crippen LogP contribution in [0.1, 0.15) is 103 Å². The Balaban J connectivity index is 0.00000245. The molecule has 1 aromatic heterocycles. The Kier molecular flexibility index (Phi) is 11.3. The lowest BCUT2D eigenvalue weighted by atomic mass is 9.71. The number of carbonyl (C=O) groups excluding carboxylic acids is 3. The molecule has 2 atom stereocenters. The first-order valence-electron chi connectivity index (χ1n) is 19.0. The van der Waals surface area contributed by atoms with Gasteiger partial charge < -0.3 is 20.3 Å². The lowest BCUT2D eigenvalue weighted by Crippen LogP contribution is -2.63. The second kappa shape index (κ2) is 15.5. The van der Waals surface area contributed by atoms with E-state index in [2.05, 4.69) is 18.9 Å². The molecule has 2 aliphatic heterocycles. The van der Waals surface area contributed by atoms with E-state index in [1.54, 1.807) is 46.1 Å². The second-order valence-electron chi connectivity index (χ2n) is 16.1. The monoisotopic (exact) mass is 753 g/mol. The van der Waals surface area contributed by atoms with E-state index in [1.165, 1.54) is 18.3 Å². The number of ether oxygens (including phenoxy) is 1. The van der Waals surface area contributed by atoms with E-state index >= 15 is 0 Å². The molecule has 54 heavy (non-hydrogen) atoms. The van der Waals surface area contributed by atoms with Crippen molar-refractivity contribution in [3.8, 4) is 0 Å². The van der Waals surface area contributed by atoms with Gasteiger partial charge in [0, 0.05) is 55.2 Å². The van der Waals surface area contributed by atoms with E-state index in [9.17, 15) is 31.9 Å². The third-order valence-electron chi connectivity index (χ3n) is 12.0. The maximum Gasteiger partial charge on any atom is 0.391 e. The molecule has 2 saturated heterocycles. The minimum absolute atomic E-state index is 0.00156. The number of aromatic nitrogens is 2. The fraction of sp³-hybridized carbons (Fsp3) is 0.561. The Labute approximate surface area is 314 Å². The average molecular weight is 754 g/mol. The number of primary amides is 1. The molecule has 1 spiro atoms. The quantitative estimate of drug-likeness (QED) is 0.221. The second-order valence-corrected chi connectivity index (χ2v) is 16.1. The molecule has 3 amide bonds. The molecule has 2 N–H and O–H groups in total. The van der Waals surface area contributed by atoms with Crippen LogP contribution in [0.3, 0.4) is 0 Å². The van der Waals surface area contributed by atoms with Gasteiger partial charge in [-0.3, -0.25) is 19.1 Å². The number of nitrogens with zero attached hydrogens (tertiary/aromatic N) is 4. The van der Waals surface area contributed by atoms with Gasteiger partial charge in [-0.05, 0) is 72.3 Å². The summed E-state index contributed by atoms with van der Waals surface area (Å²) in [4.78, 5) is 43.5. The molecule has 2 aliphatic carbocycles. The number of carbonyl (C=O) groups is 3. The number of alkyl halides is 3. The minimum Gasteiger partial charge on any atom is -0.376 e. The van der Waals surface area contributed by atoms with E-state index in [4.69, 9.17) is 10.5 Å². The highest BCUT2D eigenvalue weighted by molar-refractivity contribution is 5.96. The van der Waals surface area contributed by atoms with Gasteiger partial charge in [-0.15, -0.1) is 0 Å². The minimum atomic E-state index is -4.22. The van der Waals surface area contributed by atoms with Gasteiger partial charge in [0.15, 0.2) is 0 Å². The SMILES string of the molecule is CC.CC1(C)CC1C(=O)N1CC2(CN(C(=O)c3cnn(Cc4ccc(F)cc4)c3)CC2COCc2cccc(C3CCC(C(F)(F)F)CC3)c2C(N)=O)C1. The maximum absolute atomic E-state index is 13.8. The highest BCUT2D eigenvalue weighted by atomic mass is 19.4. The zero-order valence-corrected chi connectivity index (χ0v) is 31.5. The van der Waals surface area contributed by atoms with Crippen LogP contribution in [0.2, 0.25) is 0 Å². The predicted octanol–water partition coefficient (Wildman–Crippen LogP) is 7.20. The number of benzene rings is 2. The summed E-state index contributed by atoms with van der Waals surface area (Å²) in [6, 6.07) is 11.4. The normalized spacial score (nSPS) is 24.1. The van der Waals surface area contributed by atoms with Crippen LogP contribution in [0.15, 0.2) is 54.9 Å². The molecule has 13 heteroatoms. The molecule has 2 unspecified atom stereocenters. The maximum atomic E-state index is 13.8. The van der Waals surface area contributed by atoms with E-state index in [0.717, 1.165) is 12.0 Å². The van der Waals surface area contributed by atoms with Gasteiger partial charge >= 0.3 is 6.18 Å². The zero-order chi connectivity index (χ0) is 39.0. The van der Waals surface area contributed by atoms with Crippen molar-refractivity contribution in [2.75, 3.05) is 32.8 Å². The van der Waals surface area contributed by atoms with Crippen molar-refractivity contribution in [3.05, 3.63) is 88.5 Å². The summed E-state index contributed by atoms with van der Waals surface area (Å²) in [5.41, 5.74) is 8.32. The number of likely N-dealkylation sites (tertiary alicyclic amines) is 2. The van der Waals surface area contributed by atoms with Crippen LogP contribution in [0, 0.1) is 34.4 Å². The van der Waals surface area contributed by atoms with Gasteiger partial charge in [-0.25, -0.2) is 4.39 Å². The van der Waals surface area contributed by atoms with Crippen LogP contribution in [0.4, 0.5) is 17.6 Å². The summed E-state index contributed by atoms with van der Waals surface area (Å²) in [5.74, 6) is -2.62. The van der Waals surface area contributed by atoms with Crippen LogP contribution >= 0.6 is 0 Å². The Bertz CT molecular complexity index is 1830. The molecule has 0 bridgehead atoms. The molecule has 2 aromatic carbocycles. The number of hydrogen-bond acceptors (Lipinski definition) is 5. The molecule has 7 rings (SSSR count). The molecule has 292 valence electrons.